The van der Waals surface area contributed by atoms with Crippen LogP contribution in [0.4, 0.5) is 17.1 Å². The number of nitrogens with zero attached hydrogens (tertiary/aromatic N) is 2. The van der Waals surface area contributed by atoms with Crippen molar-refractivity contribution >= 4 is 33.7 Å². The number of methoxy groups -OCH3 is 1. The number of hydrogen-bond acceptors (Lipinski definition) is 4. The molecule has 0 saturated heterocycles. The third kappa shape index (κ3) is 3.75. The van der Waals surface area contributed by atoms with Gasteiger partial charge in [-0.15, -0.1) is 0 Å². The number of nitrogens with one attached hydrogen (secondary N) is 1. The molecule has 0 unspecified atom stereocenters. The van der Waals surface area contributed by atoms with Crippen LogP contribution in [0.3, 0.4) is 0 Å². The molecule has 5 heteroatoms. The maximum atomic E-state index is 13.1. The molecule has 0 aliphatic rings. The molecule has 1 aromatic heterocycles. The van der Waals surface area contributed by atoms with E-state index in [2.05, 4.69) is 10.3 Å². The molecular formula is C24H21N3O2. The smallest absolute Gasteiger partial charge is 0.257 e. The zero-order valence-electron chi connectivity index (χ0n) is 16.3. The van der Waals surface area contributed by atoms with Crippen LogP contribution in [-0.2, 0) is 0 Å². The number of fused-ring (bicyclic) bond motifs is 1. The van der Waals surface area contributed by atoms with Crippen molar-refractivity contribution < 1.29 is 9.53 Å². The van der Waals surface area contributed by atoms with Gasteiger partial charge in [0.15, 0.2) is 0 Å². The minimum Gasteiger partial charge on any atom is -0.496 e. The number of para-hydroxylation sites is 1. The summed E-state index contributed by atoms with van der Waals surface area (Å²) in [7, 11) is 3.56. The fourth-order valence-electron chi connectivity index (χ4n) is 3.38. The number of carbonyl (C=O) groups excluding carboxylic acids is 1. The van der Waals surface area contributed by atoms with Gasteiger partial charge >= 0.3 is 0 Å². The van der Waals surface area contributed by atoms with Crippen molar-refractivity contribution in [2.45, 2.75) is 0 Å². The van der Waals surface area contributed by atoms with Gasteiger partial charge in [-0.3, -0.25) is 9.78 Å². The number of benzene rings is 3. The molecule has 0 aliphatic heterocycles. The first-order valence-electron chi connectivity index (χ1n) is 9.28. The first-order chi connectivity index (χ1) is 14.2. The molecule has 0 atom stereocenters. The lowest BCUT2D eigenvalue weighted by atomic mass is 10.1. The number of pyridine rings is 1. The van der Waals surface area contributed by atoms with E-state index < -0.39 is 0 Å². The highest BCUT2D eigenvalue weighted by molar-refractivity contribution is 6.09. The number of aromatic nitrogens is 1. The van der Waals surface area contributed by atoms with E-state index in [1.165, 1.54) is 0 Å². The Morgan fingerprint density at radius 3 is 2.48 bits per heavy atom. The summed E-state index contributed by atoms with van der Waals surface area (Å²) in [5.74, 6) is 0.541. The molecule has 1 heterocycles. The Kier molecular flexibility index (Phi) is 5.12. The van der Waals surface area contributed by atoms with Crippen molar-refractivity contribution in [3.63, 3.8) is 0 Å². The lowest BCUT2D eigenvalue weighted by Crippen LogP contribution is -2.18. The molecule has 144 valence electrons. The lowest BCUT2D eigenvalue weighted by molar-refractivity contribution is 0.102. The van der Waals surface area contributed by atoms with Crippen LogP contribution in [0.15, 0.2) is 85.2 Å². The molecular weight excluding hydrogens is 362 g/mol. The summed E-state index contributed by atoms with van der Waals surface area (Å²) in [6.45, 7) is 0. The molecule has 3 aromatic carbocycles. The van der Waals surface area contributed by atoms with E-state index in [1.54, 1.807) is 19.5 Å². The maximum absolute atomic E-state index is 13.1. The second kappa shape index (κ2) is 8.02. The molecule has 0 saturated carbocycles. The van der Waals surface area contributed by atoms with Crippen LogP contribution in [0, 0.1) is 0 Å². The normalized spacial score (nSPS) is 10.6. The Balaban J connectivity index is 1.67. The lowest BCUT2D eigenvalue weighted by Gasteiger charge is -2.22. The van der Waals surface area contributed by atoms with Crippen molar-refractivity contribution in [3.8, 4) is 5.75 Å². The number of rotatable bonds is 5. The van der Waals surface area contributed by atoms with Gasteiger partial charge in [-0.05, 0) is 35.7 Å². The average molecular weight is 383 g/mol. The Morgan fingerprint density at radius 2 is 1.69 bits per heavy atom. The second-order valence-electron chi connectivity index (χ2n) is 6.64. The zero-order valence-corrected chi connectivity index (χ0v) is 16.3. The van der Waals surface area contributed by atoms with E-state index in [-0.39, 0.29) is 5.91 Å². The highest BCUT2D eigenvalue weighted by Crippen LogP contribution is 2.31. The maximum Gasteiger partial charge on any atom is 0.257 e. The number of carbonyl (C=O) groups is 1. The summed E-state index contributed by atoms with van der Waals surface area (Å²) in [4.78, 5) is 19.1. The van der Waals surface area contributed by atoms with Gasteiger partial charge in [0.2, 0.25) is 0 Å². The highest BCUT2D eigenvalue weighted by Gasteiger charge is 2.16. The predicted octanol–water partition coefficient (Wildman–Crippen LogP) is 5.26. The van der Waals surface area contributed by atoms with Gasteiger partial charge in [-0.2, -0.15) is 0 Å². The van der Waals surface area contributed by atoms with Gasteiger partial charge in [0.25, 0.3) is 5.91 Å². The number of amides is 1. The molecule has 1 amide bonds. The van der Waals surface area contributed by atoms with Gasteiger partial charge in [-0.1, -0.05) is 36.4 Å². The number of anilines is 3. The first-order valence-corrected chi connectivity index (χ1v) is 9.28. The molecule has 0 spiro atoms. The van der Waals surface area contributed by atoms with Gasteiger partial charge in [-0.25, -0.2) is 0 Å². The van der Waals surface area contributed by atoms with E-state index >= 15 is 0 Å². The summed E-state index contributed by atoms with van der Waals surface area (Å²) >= 11 is 0. The minimum absolute atomic E-state index is 0.182. The van der Waals surface area contributed by atoms with Crippen molar-refractivity contribution in [3.05, 3.63) is 90.8 Å². The van der Waals surface area contributed by atoms with E-state index in [1.807, 2.05) is 84.7 Å². The molecule has 0 aliphatic carbocycles. The van der Waals surface area contributed by atoms with Crippen LogP contribution >= 0.6 is 0 Å². The Hall–Kier alpha value is -3.86. The Labute approximate surface area is 169 Å². The predicted molar refractivity (Wildman–Crippen MR) is 117 cm³/mol. The third-order valence-corrected chi connectivity index (χ3v) is 4.86. The summed E-state index contributed by atoms with van der Waals surface area (Å²) < 4.78 is 5.51. The quantitative estimate of drug-likeness (QED) is 0.510. The van der Waals surface area contributed by atoms with Crippen molar-refractivity contribution in [1.29, 1.82) is 0 Å². The molecule has 0 radical (unpaired) electrons. The van der Waals surface area contributed by atoms with E-state index in [4.69, 9.17) is 4.74 Å². The molecule has 0 bridgehead atoms. The minimum atomic E-state index is -0.182. The van der Waals surface area contributed by atoms with E-state index in [0.717, 1.165) is 27.9 Å². The number of hydrogen-bond donors (Lipinski definition) is 1. The summed E-state index contributed by atoms with van der Waals surface area (Å²) in [6, 6.07) is 23.1. The van der Waals surface area contributed by atoms with Crippen LogP contribution in [-0.4, -0.2) is 25.0 Å². The highest BCUT2D eigenvalue weighted by atomic mass is 16.5. The SMILES string of the molecule is COc1cc(NC(=O)c2ccccc2N(C)c2ccncc2)cc2ccccc12. The largest absolute Gasteiger partial charge is 0.496 e. The second-order valence-corrected chi connectivity index (χ2v) is 6.64. The average Bonchev–Trinajstić information content (AvgIpc) is 2.78. The van der Waals surface area contributed by atoms with Gasteiger partial charge in [0, 0.05) is 42.3 Å². The van der Waals surface area contributed by atoms with Crippen molar-refractivity contribution in [1.82, 2.24) is 4.98 Å². The monoisotopic (exact) mass is 383 g/mol. The number of ether oxygens (including phenoxy) is 1. The molecule has 1 N–H and O–H groups in total. The van der Waals surface area contributed by atoms with Gasteiger partial charge < -0.3 is 15.0 Å². The third-order valence-electron chi connectivity index (χ3n) is 4.86. The van der Waals surface area contributed by atoms with E-state index in [0.29, 0.717) is 11.3 Å². The van der Waals surface area contributed by atoms with Crippen molar-refractivity contribution in [2.75, 3.05) is 24.4 Å². The Morgan fingerprint density at radius 1 is 0.966 bits per heavy atom. The standard InChI is InChI=1S/C24H21N3O2/c1-27(19-11-13-25-14-12-19)22-10-6-5-9-21(22)24(28)26-18-15-17-7-3-4-8-20(17)23(16-18)29-2/h3-16H,1-2H3,(H,26,28). The summed E-state index contributed by atoms with van der Waals surface area (Å²) in [6.07, 6.45) is 3.46. The molecule has 5 nitrogen and oxygen atoms in total. The van der Waals surface area contributed by atoms with Crippen LogP contribution in [0.2, 0.25) is 0 Å². The van der Waals surface area contributed by atoms with Crippen LogP contribution in [0.25, 0.3) is 10.8 Å². The van der Waals surface area contributed by atoms with Crippen LogP contribution in [0.1, 0.15) is 10.4 Å². The van der Waals surface area contributed by atoms with Gasteiger partial charge in [0.05, 0.1) is 18.4 Å². The molecule has 4 rings (SSSR count). The molecule has 29 heavy (non-hydrogen) atoms. The first kappa shape index (κ1) is 18.5. The Bertz CT molecular complexity index is 1160. The molecule has 4 aromatic rings. The summed E-state index contributed by atoms with van der Waals surface area (Å²) in [5.41, 5.74) is 3.03. The van der Waals surface area contributed by atoms with Crippen LogP contribution < -0.4 is 15.0 Å². The van der Waals surface area contributed by atoms with Crippen LogP contribution in [0.5, 0.6) is 5.75 Å². The van der Waals surface area contributed by atoms with Crippen molar-refractivity contribution in [2.24, 2.45) is 0 Å². The zero-order chi connectivity index (χ0) is 20.2. The van der Waals surface area contributed by atoms with E-state index in [9.17, 15) is 4.79 Å². The topological polar surface area (TPSA) is 54.5 Å². The van der Waals surface area contributed by atoms with Gasteiger partial charge in [0.1, 0.15) is 5.75 Å². The fraction of sp³-hybridized carbons (Fsp3) is 0.0833. The molecule has 0 fully saturated rings. The summed E-state index contributed by atoms with van der Waals surface area (Å²) in [5, 5.41) is 5.02. The fourth-order valence-corrected chi connectivity index (χ4v) is 3.38.